The van der Waals surface area contributed by atoms with Gasteiger partial charge in [-0.3, -0.25) is 0 Å². The van der Waals surface area contributed by atoms with Gasteiger partial charge in [-0.25, -0.2) is 0 Å². The minimum atomic E-state index is 0.338. The predicted octanol–water partition coefficient (Wildman–Crippen LogP) is 1.14. The number of likely N-dealkylation sites (tertiary alicyclic amines) is 2. The van der Waals surface area contributed by atoms with Crippen LogP contribution < -0.4 is 11.5 Å². The summed E-state index contributed by atoms with van der Waals surface area (Å²) >= 11 is 0. The van der Waals surface area contributed by atoms with Crippen LogP contribution in [0.15, 0.2) is 0 Å². The molecule has 6 heteroatoms. The fraction of sp³-hybridized carbons (Fsp3) is 1.00. The van der Waals surface area contributed by atoms with Crippen molar-refractivity contribution in [1.82, 2.24) is 9.80 Å². The smallest absolute Gasteiger partial charge is 0.0431 e. The molecule has 0 aromatic carbocycles. The van der Waals surface area contributed by atoms with Crippen LogP contribution in [-0.4, -0.2) is 84.6 Å². The molecule has 2 heterocycles. The normalized spacial score (nSPS) is 20.8. The van der Waals surface area contributed by atoms with Crippen LogP contribution in [0.5, 0.6) is 0 Å². The zero-order chi connectivity index (χ0) is 19.0. The molecule has 2 aliphatic heterocycles. The lowest BCUT2D eigenvalue weighted by atomic mass is 10.1. The van der Waals surface area contributed by atoms with Crippen molar-refractivity contribution in [2.24, 2.45) is 11.5 Å². The summed E-state index contributed by atoms with van der Waals surface area (Å²) in [5.41, 5.74) is 11.6. The number of aliphatic hydroxyl groups excluding tert-OH is 2. The third-order valence-corrected chi connectivity index (χ3v) is 5.53. The average molecular weight is 373 g/mol. The summed E-state index contributed by atoms with van der Waals surface area (Å²) in [5.74, 6) is 0. The fourth-order valence-corrected chi connectivity index (χ4v) is 3.60. The van der Waals surface area contributed by atoms with E-state index in [1.165, 1.54) is 52.1 Å². The molecular weight excluding hydrogens is 328 g/mol. The van der Waals surface area contributed by atoms with Crippen LogP contribution in [0.3, 0.4) is 0 Å². The van der Waals surface area contributed by atoms with E-state index in [1.807, 2.05) is 0 Å². The van der Waals surface area contributed by atoms with Gasteiger partial charge in [-0.2, -0.15) is 0 Å². The summed E-state index contributed by atoms with van der Waals surface area (Å²) in [6, 6.07) is 0.877. The molecule has 0 radical (unpaired) electrons. The molecule has 2 aliphatic rings. The van der Waals surface area contributed by atoms with E-state index in [0.29, 0.717) is 25.3 Å². The summed E-state index contributed by atoms with van der Waals surface area (Å²) < 4.78 is 0. The number of piperidine rings is 2. The molecule has 0 bridgehead atoms. The number of aliphatic hydroxyl groups is 2. The van der Waals surface area contributed by atoms with Crippen LogP contribution in [0.2, 0.25) is 0 Å². The average Bonchev–Trinajstić information content (AvgIpc) is 2.66. The Morgan fingerprint density at radius 2 is 0.923 bits per heavy atom. The van der Waals surface area contributed by atoms with Crippen molar-refractivity contribution in [3.8, 4) is 0 Å². The Balaban J connectivity index is 0.000000260. The summed E-state index contributed by atoms with van der Waals surface area (Å²) in [6.45, 7) is 7.72. The maximum atomic E-state index is 8.61. The Bertz CT molecular complexity index is 274. The molecule has 6 nitrogen and oxygen atoms in total. The Hall–Kier alpha value is -0.240. The highest BCUT2D eigenvalue weighted by Crippen LogP contribution is 2.10. The highest BCUT2D eigenvalue weighted by atomic mass is 16.3. The van der Waals surface area contributed by atoms with Gasteiger partial charge in [-0.15, -0.1) is 0 Å². The first-order chi connectivity index (χ1) is 12.7. The van der Waals surface area contributed by atoms with E-state index in [-0.39, 0.29) is 0 Å². The summed E-state index contributed by atoms with van der Waals surface area (Å²) in [7, 11) is 0. The van der Waals surface area contributed by atoms with Crippen molar-refractivity contribution >= 4 is 0 Å². The lowest BCUT2D eigenvalue weighted by Gasteiger charge is -2.29. The van der Waals surface area contributed by atoms with Gasteiger partial charge in [0.25, 0.3) is 0 Å². The van der Waals surface area contributed by atoms with Gasteiger partial charge in [0.05, 0.1) is 0 Å². The molecule has 2 fully saturated rings. The molecule has 0 aliphatic carbocycles. The van der Waals surface area contributed by atoms with Crippen LogP contribution in [0.1, 0.15) is 64.2 Å². The van der Waals surface area contributed by atoms with E-state index >= 15 is 0 Å². The molecule has 0 aromatic heterocycles. The molecule has 0 aromatic rings. The molecule has 0 amide bonds. The standard InChI is InChI=1S/2C10H22N2O/c2*11-10-4-7-12(8-5-10)6-2-1-3-9-13/h2*10,13H,1-9,11H2. The van der Waals surface area contributed by atoms with Crippen molar-refractivity contribution in [1.29, 1.82) is 0 Å². The van der Waals surface area contributed by atoms with Crippen LogP contribution in [0, 0.1) is 0 Å². The second kappa shape index (κ2) is 15.8. The summed E-state index contributed by atoms with van der Waals surface area (Å²) in [4.78, 5) is 4.97. The third-order valence-electron chi connectivity index (χ3n) is 5.53. The molecule has 26 heavy (non-hydrogen) atoms. The highest BCUT2D eigenvalue weighted by molar-refractivity contribution is 4.74. The van der Waals surface area contributed by atoms with Gasteiger partial charge in [-0.05, 0) is 103 Å². The van der Waals surface area contributed by atoms with Crippen LogP contribution in [0.25, 0.3) is 0 Å². The molecular formula is C20H44N4O2. The zero-order valence-electron chi connectivity index (χ0n) is 16.8. The van der Waals surface area contributed by atoms with Gasteiger partial charge in [-0.1, -0.05) is 0 Å². The lowest BCUT2D eigenvalue weighted by Crippen LogP contribution is -2.40. The summed E-state index contributed by atoms with van der Waals surface area (Å²) in [5, 5.41) is 17.2. The highest BCUT2D eigenvalue weighted by Gasteiger charge is 2.15. The lowest BCUT2D eigenvalue weighted by molar-refractivity contribution is 0.206. The third kappa shape index (κ3) is 12.2. The molecule has 2 saturated heterocycles. The second-order valence-corrected chi connectivity index (χ2v) is 7.93. The fourth-order valence-electron chi connectivity index (χ4n) is 3.60. The first-order valence-electron chi connectivity index (χ1n) is 10.8. The van der Waals surface area contributed by atoms with Crippen LogP contribution in [-0.2, 0) is 0 Å². The number of nitrogens with zero attached hydrogens (tertiary/aromatic N) is 2. The topological polar surface area (TPSA) is 99.0 Å². The van der Waals surface area contributed by atoms with E-state index in [9.17, 15) is 0 Å². The number of nitrogens with two attached hydrogens (primary N) is 2. The molecule has 6 N–H and O–H groups in total. The van der Waals surface area contributed by atoms with E-state index < -0.39 is 0 Å². The SMILES string of the molecule is NC1CCN(CCCCCO)CC1.NC1CCN(CCCCCO)CC1. The molecule has 0 unspecified atom stereocenters. The van der Waals surface area contributed by atoms with Crippen molar-refractivity contribution in [2.45, 2.75) is 76.3 Å². The number of hydrogen-bond acceptors (Lipinski definition) is 6. The number of hydrogen-bond donors (Lipinski definition) is 4. The van der Waals surface area contributed by atoms with Gasteiger partial charge in [0.15, 0.2) is 0 Å². The first kappa shape index (κ1) is 23.8. The van der Waals surface area contributed by atoms with Gasteiger partial charge in [0.1, 0.15) is 0 Å². The van der Waals surface area contributed by atoms with Gasteiger partial charge in [0, 0.05) is 25.3 Å². The van der Waals surface area contributed by atoms with Gasteiger partial charge < -0.3 is 31.5 Å². The Labute approximate surface area is 160 Å². The largest absolute Gasteiger partial charge is 0.396 e. The number of unbranched alkanes of at least 4 members (excludes halogenated alkanes) is 4. The van der Waals surface area contributed by atoms with Crippen LogP contribution in [0.4, 0.5) is 0 Å². The molecule has 156 valence electrons. The molecule has 0 saturated carbocycles. The quantitative estimate of drug-likeness (QED) is 0.429. The van der Waals surface area contributed by atoms with Crippen molar-refractivity contribution < 1.29 is 10.2 Å². The zero-order valence-corrected chi connectivity index (χ0v) is 16.8. The Kier molecular flexibility index (Phi) is 14.4. The van der Waals surface area contributed by atoms with Crippen LogP contribution >= 0.6 is 0 Å². The minimum Gasteiger partial charge on any atom is -0.396 e. The maximum absolute atomic E-state index is 8.61. The Morgan fingerprint density at radius 1 is 0.577 bits per heavy atom. The van der Waals surface area contributed by atoms with Gasteiger partial charge in [0.2, 0.25) is 0 Å². The van der Waals surface area contributed by atoms with E-state index in [2.05, 4.69) is 9.80 Å². The monoisotopic (exact) mass is 372 g/mol. The van der Waals surface area contributed by atoms with Crippen molar-refractivity contribution in [3.05, 3.63) is 0 Å². The van der Waals surface area contributed by atoms with E-state index in [0.717, 1.165) is 51.4 Å². The van der Waals surface area contributed by atoms with E-state index in [4.69, 9.17) is 21.7 Å². The number of rotatable bonds is 10. The summed E-state index contributed by atoms with van der Waals surface area (Å²) in [6.07, 6.45) is 11.3. The molecule has 0 spiro atoms. The Morgan fingerprint density at radius 3 is 1.23 bits per heavy atom. The molecule has 0 atom stereocenters. The predicted molar refractivity (Wildman–Crippen MR) is 109 cm³/mol. The first-order valence-corrected chi connectivity index (χ1v) is 10.8. The van der Waals surface area contributed by atoms with Gasteiger partial charge >= 0.3 is 0 Å². The molecule has 2 rings (SSSR count). The minimum absolute atomic E-state index is 0.338. The van der Waals surface area contributed by atoms with Crippen molar-refractivity contribution in [3.63, 3.8) is 0 Å². The van der Waals surface area contributed by atoms with Crippen molar-refractivity contribution in [2.75, 3.05) is 52.5 Å². The maximum Gasteiger partial charge on any atom is 0.0431 e. The van der Waals surface area contributed by atoms with E-state index in [1.54, 1.807) is 0 Å². The second-order valence-electron chi connectivity index (χ2n) is 7.93.